The van der Waals surface area contributed by atoms with Crippen LogP contribution in [-0.4, -0.2) is 41.9 Å². The fourth-order valence-corrected chi connectivity index (χ4v) is 3.61. The second-order valence-electron chi connectivity index (χ2n) is 6.18. The number of rotatable bonds is 3. The van der Waals surface area contributed by atoms with Crippen molar-refractivity contribution >= 4 is 5.91 Å². The van der Waals surface area contributed by atoms with Crippen molar-refractivity contribution in [1.82, 2.24) is 9.80 Å². The smallest absolute Gasteiger partial charge is 0.229 e. The summed E-state index contributed by atoms with van der Waals surface area (Å²) >= 11 is 0. The van der Waals surface area contributed by atoms with Gasteiger partial charge in [0.25, 0.3) is 0 Å². The van der Waals surface area contributed by atoms with Crippen LogP contribution in [0.1, 0.15) is 31.7 Å². The van der Waals surface area contributed by atoms with Gasteiger partial charge in [-0.2, -0.15) is 0 Å². The van der Waals surface area contributed by atoms with Gasteiger partial charge in [0, 0.05) is 13.1 Å². The summed E-state index contributed by atoms with van der Waals surface area (Å²) in [5.74, 6) is 0.400. The molecule has 2 aliphatic heterocycles. The number of benzene rings is 1. The number of piperidine rings is 1. The van der Waals surface area contributed by atoms with Gasteiger partial charge in [-0.25, -0.2) is 0 Å². The van der Waals surface area contributed by atoms with Gasteiger partial charge in [-0.1, -0.05) is 37.3 Å². The number of hydrogen-bond donors (Lipinski definition) is 0. The molecule has 0 bridgehead atoms. The summed E-state index contributed by atoms with van der Waals surface area (Å²) in [5, 5.41) is 0. The van der Waals surface area contributed by atoms with E-state index in [1.54, 1.807) is 0 Å². The highest BCUT2D eigenvalue weighted by Crippen LogP contribution is 2.41. The minimum atomic E-state index is -0.0412. The number of carbonyl (C=O) groups excluding carboxylic acids is 1. The van der Waals surface area contributed by atoms with E-state index in [2.05, 4.69) is 28.9 Å². The molecule has 1 aromatic carbocycles. The van der Waals surface area contributed by atoms with E-state index < -0.39 is 0 Å². The van der Waals surface area contributed by atoms with Crippen LogP contribution >= 0.6 is 0 Å². The Morgan fingerprint density at radius 3 is 2.35 bits per heavy atom. The van der Waals surface area contributed by atoms with Crippen LogP contribution in [0.15, 0.2) is 30.3 Å². The minimum absolute atomic E-state index is 0.0412. The first-order chi connectivity index (χ1) is 9.73. The fraction of sp³-hybridized carbons (Fsp3) is 0.588. The maximum atomic E-state index is 12.8. The molecule has 2 heterocycles. The van der Waals surface area contributed by atoms with E-state index in [1.165, 1.54) is 5.56 Å². The van der Waals surface area contributed by atoms with Crippen LogP contribution < -0.4 is 0 Å². The van der Waals surface area contributed by atoms with E-state index in [4.69, 9.17) is 0 Å². The fourth-order valence-electron chi connectivity index (χ4n) is 3.61. The molecule has 20 heavy (non-hydrogen) atoms. The molecule has 2 aliphatic rings. The number of carbonyl (C=O) groups is 1. The molecule has 1 spiro atoms. The maximum absolute atomic E-state index is 12.8. The van der Waals surface area contributed by atoms with Gasteiger partial charge in [-0.05, 0) is 44.5 Å². The van der Waals surface area contributed by atoms with Crippen molar-refractivity contribution in [3.63, 3.8) is 0 Å². The monoisotopic (exact) mass is 272 g/mol. The van der Waals surface area contributed by atoms with Crippen LogP contribution in [-0.2, 0) is 11.3 Å². The molecule has 0 unspecified atom stereocenters. The van der Waals surface area contributed by atoms with Crippen LogP contribution in [0, 0.1) is 5.41 Å². The van der Waals surface area contributed by atoms with Crippen molar-refractivity contribution in [3.05, 3.63) is 35.9 Å². The molecule has 1 amide bonds. The topological polar surface area (TPSA) is 23.6 Å². The summed E-state index contributed by atoms with van der Waals surface area (Å²) in [6.45, 7) is 7.19. The summed E-state index contributed by atoms with van der Waals surface area (Å²) in [7, 11) is 0. The van der Waals surface area contributed by atoms with E-state index in [0.717, 1.165) is 52.0 Å². The van der Waals surface area contributed by atoms with Crippen LogP contribution in [0.25, 0.3) is 0 Å². The van der Waals surface area contributed by atoms with Gasteiger partial charge in [0.15, 0.2) is 0 Å². The number of amides is 1. The summed E-state index contributed by atoms with van der Waals surface area (Å²) in [5.41, 5.74) is 1.20. The Morgan fingerprint density at radius 2 is 1.70 bits per heavy atom. The average molecular weight is 272 g/mol. The van der Waals surface area contributed by atoms with E-state index in [9.17, 15) is 4.79 Å². The van der Waals surface area contributed by atoms with Gasteiger partial charge >= 0.3 is 0 Å². The average Bonchev–Trinajstić information content (AvgIpc) is 2.79. The van der Waals surface area contributed by atoms with Crippen LogP contribution in [0.3, 0.4) is 0 Å². The van der Waals surface area contributed by atoms with E-state index in [-0.39, 0.29) is 5.41 Å². The first-order valence-corrected chi connectivity index (χ1v) is 7.79. The Morgan fingerprint density at radius 1 is 1.05 bits per heavy atom. The van der Waals surface area contributed by atoms with Crippen LogP contribution in [0.4, 0.5) is 0 Å². The third-order valence-corrected chi connectivity index (χ3v) is 5.08. The molecule has 108 valence electrons. The third kappa shape index (κ3) is 2.47. The summed E-state index contributed by atoms with van der Waals surface area (Å²) in [6, 6.07) is 10.3. The maximum Gasteiger partial charge on any atom is 0.229 e. The normalized spacial score (nSPS) is 22.6. The first-order valence-electron chi connectivity index (χ1n) is 7.79. The summed E-state index contributed by atoms with van der Waals surface area (Å²) in [6.07, 6.45) is 3.14. The Hall–Kier alpha value is -1.35. The van der Waals surface area contributed by atoms with E-state index in [0.29, 0.717) is 5.91 Å². The predicted octanol–water partition coefficient (Wildman–Crippen LogP) is 2.52. The molecule has 3 rings (SSSR count). The quantitative estimate of drug-likeness (QED) is 0.844. The molecule has 2 saturated heterocycles. The highest BCUT2D eigenvalue weighted by Gasteiger charge is 2.47. The molecule has 0 N–H and O–H groups in total. The Balaban J connectivity index is 1.65. The lowest BCUT2D eigenvalue weighted by Gasteiger charge is -2.37. The van der Waals surface area contributed by atoms with Gasteiger partial charge in [-0.3, -0.25) is 4.79 Å². The third-order valence-electron chi connectivity index (χ3n) is 5.08. The molecule has 1 aromatic rings. The Kier molecular flexibility index (Phi) is 3.79. The number of likely N-dealkylation sites (tertiary alicyclic amines) is 2. The second-order valence-corrected chi connectivity index (χ2v) is 6.18. The van der Waals surface area contributed by atoms with Gasteiger partial charge in [-0.15, -0.1) is 0 Å². The minimum Gasteiger partial charge on any atom is -0.338 e. The molecule has 0 saturated carbocycles. The SMILES string of the molecule is CCN1CCC2(CC1)CCN(Cc1ccccc1)C2=O. The number of hydrogen-bond acceptors (Lipinski definition) is 2. The van der Waals surface area contributed by atoms with E-state index >= 15 is 0 Å². The van der Waals surface area contributed by atoms with Crippen molar-refractivity contribution in [2.45, 2.75) is 32.7 Å². The van der Waals surface area contributed by atoms with Crippen molar-refractivity contribution in [2.75, 3.05) is 26.2 Å². The van der Waals surface area contributed by atoms with Gasteiger partial charge in [0.05, 0.1) is 5.41 Å². The lowest BCUT2D eigenvalue weighted by molar-refractivity contribution is -0.138. The molecule has 2 fully saturated rings. The van der Waals surface area contributed by atoms with Crippen molar-refractivity contribution in [1.29, 1.82) is 0 Å². The second kappa shape index (κ2) is 5.57. The standard InChI is InChI=1S/C17H24N2O/c1-2-18-11-8-17(9-12-18)10-13-19(16(17)20)14-15-6-4-3-5-7-15/h3-7H,2,8-14H2,1H3. The molecular weight excluding hydrogens is 248 g/mol. The largest absolute Gasteiger partial charge is 0.338 e. The van der Waals surface area contributed by atoms with Gasteiger partial charge in [0.2, 0.25) is 5.91 Å². The summed E-state index contributed by atoms with van der Waals surface area (Å²) < 4.78 is 0. The zero-order valence-corrected chi connectivity index (χ0v) is 12.3. The molecule has 3 heteroatoms. The molecule has 0 aliphatic carbocycles. The summed E-state index contributed by atoms with van der Waals surface area (Å²) in [4.78, 5) is 17.3. The van der Waals surface area contributed by atoms with Gasteiger partial charge < -0.3 is 9.80 Å². The first kappa shape index (κ1) is 13.6. The van der Waals surface area contributed by atoms with Gasteiger partial charge in [0.1, 0.15) is 0 Å². The molecular formula is C17H24N2O. The number of nitrogens with zero attached hydrogens (tertiary/aromatic N) is 2. The molecule has 3 nitrogen and oxygen atoms in total. The highest BCUT2D eigenvalue weighted by molar-refractivity contribution is 5.85. The lowest BCUT2D eigenvalue weighted by Crippen LogP contribution is -2.44. The molecule has 0 aromatic heterocycles. The molecule has 0 radical (unpaired) electrons. The Bertz CT molecular complexity index is 463. The van der Waals surface area contributed by atoms with Crippen molar-refractivity contribution in [3.8, 4) is 0 Å². The Labute approximate surface area is 121 Å². The zero-order chi connectivity index (χ0) is 14.0. The zero-order valence-electron chi connectivity index (χ0n) is 12.3. The predicted molar refractivity (Wildman–Crippen MR) is 80.3 cm³/mol. The molecule has 0 atom stereocenters. The lowest BCUT2D eigenvalue weighted by atomic mass is 9.77. The highest BCUT2D eigenvalue weighted by atomic mass is 16.2. The van der Waals surface area contributed by atoms with E-state index in [1.807, 2.05) is 18.2 Å². The van der Waals surface area contributed by atoms with Crippen LogP contribution in [0.5, 0.6) is 0 Å². The van der Waals surface area contributed by atoms with Crippen molar-refractivity contribution in [2.24, 2.45) is 5.41 Å². The van der Waals surface area contributed by atoms with Crippen LogP contribution in [0.2, 0.25) is 0 Å². The van der Waals surface area contributed by atoms with Crippen molar-refractivity contribution < 1.29 is 4.79 Å².